The molecular formula is C20H21N3O5S2. The molecule has 0 unspecified atom stereocenters. The van der Waals surface area contributed by atoms with Gasteiger partial charge in [0.25, 0.3) is 5.91 Å². The molecule has 2 aromatic carbocycles. The summed E-state index contributed by atoms with van der Waals surface area (Å²) in [5, 5.41) is 11.4. The molecule has 0 aliphatic heterocycles. The molecule has 0 spiro atoms. The van der Waals surface area contributed by atoms with E-state index in [1.54, 1.807) is 42.5 Å². The van der Waals surface area contributed by atoms with E-state index in [4.69, 9.17) is 9.47 Å². The van der Waals surface area contributed by atoms with Crippen LogP contribution in [0.4, 0.5) is 5.13 Å². The Morgan fingerprint density at radius 3 is 2.47 bits per heavy atom. The highest BCUT2D eigenvalue weighted by atomic mass is 32.2. The highest BCUT2D eigenvalue weighted by molar-refractivity contribution is 7.91. The van der Waals surface area contributed by atoms with Gasteiger partial charge in [-0.1, -0.05) is 35.1 Å². The zero-order chi connectivity index (χ0) is 21.7. The number of rotatable bonds is 8. The molecule has 0 atom stereocenters. The van der Waals surface area contributed by atoms with Crippen LogP contribution in [0.2, 0.25) is 0 Å². The van der Waals surface area contributed by atoms with Crippen LogP contribution in [0.5, 0.6) is 11.5 Å². The van der Waals surface area contributed by atoms with Crippen molar-refractivity contribution in [3.05, 3.63) is 58.6 Å². The number of aryl methyl sites for hydroxylation is 2. The van der Waals surface area contributed by atoms with E-state index in [1.807, 2.05) is 6.92 Å². The van der Waals surface area contributed by atoms with Crippen molar-refractivity contribution >= 4 is 32.2 Å². The van der Waals surface area contributed by atoms with Crippen molar-refractivity contribution < 1.29 is 22.7 Å². The molecule has 158 valence electrons. The molecule has 1 heterocycles. The molecule has 0 saturated carbocycles. The zero-order valence-corrected chi connectivity index (χ0v) is 18.3. The van der Waals surface area contributed by atoms with Gasteiger partial charge in [-0.15, -0.1) is 10.2 Å². The van der Waals surface area contributed by atoms with Crippen LogP contribution in [-0.2, 0) is 16.3 Å². The van der Waals surface area contributed by atoms with E-state index in [-0.39, 0.29) is 27.8 Å². The summed E-state index contributed by atoms with van der Waals surface area (Å²) in [6, 6.07) is 11.7. The standard InChI is InChI=1S/C20H21N3O5S2/c1-13-7-9-14(10-8-13)30(25,26)12-11-17-22-23-20(29-17)21-19(24)15-5-4-6-16(27-2)18(15)28-3/h4-10H,11-12H2,1-3H3,(H,21,23,24). The fraction of sp³-hybridized carbons (Fsp3) is 0.250. The second-order valence-electron chi connectivity index (χ2n) is 6.38. The van der Waals surface area contributed by atoms with Crippen molar-refractivity contribution in [2.75, 3.05) is 25.3 Å². The fourth-order valence-corrected chi connectivity index (χ4v) is 4.83. The summed E-state index contributed by atoms with van der Waals surface area (Å²) in [5.41, 5.74) is 1.28. The molecule has 0 saturated heterocycles. The second-order valence-corrected chi connectivity index (χ2v) is 9.55. The molecule has 10 heteroatoms. The number of carbonyl (C=O) groups is 1. The summed E-state index contributed by atoms with van der Waals surface area (Å²) in [5.74, 6) is 0.221. The number of amides is 1. The number of aromatic nitrogens is 2. The minimum atomic E-state index is -3.43. The van der Waals surface area contributed by atoms with Crippen molar-refractivity contribution in [2.24, 2.45) is 0 Å². The molecule has 0 fully saturated rings. The Bertz CT molecular complexity index is 1140. The van der Waals surface area contributed by atoms with Crippen LogP contribution in [0, 0.1) is 6.92 Å². The van der Waals surface area contributed by atoms with E-state index < -0.39 is 15.7 Å². The first kappa shape index (κ1) is 21.7. The number of nitrogens with zero attached hydrogens (tertiary/aromatic N) is 2. The number of methoxy groups -OCH3 is 2. The van der Waals surface area contributed by atoms with Crippen molar-refractivity contribution in [1.29, 1.82) is 0 Å². The Labute approximate surface area is 178 Å². The first-order valence-corrected chi connectivity index (χ1v) is 11.4. The minimum absolute atomic E-state index is 0.0949. The Kier molecular flexibility index (Phi) is 6.68. The van der Waals surface area contributed by atoms with Gasteiger partial charge in [0.05, 0.1) is 30.4 Å². The predicted octanol–water partition coefficient (Wildman–Crippen LogP) is 3.13. The number of para-hydroxylation sites is 1. The van der Waals surface area contributed by atoms with E-state index in [0.717, 1.165) is 16.9 Å². The lowest BCUT2D eigenvalue weighted by Gasteiger charge is -2.11. The van der Waals surface area contributed by atoms with Crippen molar-refractivity contribution in [3.8, 4) is 11.5 Å². The summed E-state index contributed by atoms with van der Waals surface area (Å²) in [6.45, 7) is 1.90. The zero-order valence-electron chi connectivity index (χ0n) is 16.7. The maximum Gasteiger partial charge on any atom is 0.261 e. The average Bonchev–Trinajstić information content (AvgIpc) is 3.19. The molecular weight excluding hydrogens is 426 g/mol. The summed E-state index contributed by atoms with van der Waals surface area (Å²) in [7, 11) is -0.490. The van der Waals surface area contributed by atoms with Gasteiger partial charge < -0.3 is 9.47 Å². The summed E-state index contributed by atoms with van der Waals surface area (Å²) in [6.07, 6.45) is 0.201. The van der Waals surface area contributed by atoms with Gasteiger partial charge in [-0.2, -0.15) is 0 Å². The fourth-order valence-electron chi connectivity index (χ4n) is 2.72. The minimum Gasteiger partial charge on any atom is -0.493 e. The molecule has 1 N–H and O–H groups in total. The Morgan fingerprint density at radius 1 is 1.07 bits per heavy atom. The Hall–Kier alpha value is -2.98. The van der Waals surface area contributed by atoms with Crippen LogP contribution in [0.1, 0.15) is 20.9 Å². The third kappa shape index (κ3) is 4.95. The van der Waals surface area contributed by atoms with Crippen LogP contribution < -0.4 is 14.8 Å². The molecule has 0 aliphatic rings. The van der Waals surface area contributed by atoms with Crippen LogP contribution in [-0.4, -0.2) is 44.5 Å². The van der Waals surface area contributed by atoms with Gasteiger partial charge in [-0.05, 0) is 31.2 Å². The summed E-state index contributed by atoms with van der Waals surface area (Å²) < 4.78 is 35.4. The average molecular weight is 448 g/mol. The van der Waals surface area contributed by atoms with Crippen LogP contribution >= 0.6 is 11.3 Å². The Morgan fingerprint density at radius 2 is 1.80 bits per heavy atom. The van der Waals surface area contributed by atoms with Crippen molar-refractivity contribution in [3.63, 3.8) is 0 Å². The number of ether oxygens (including phenoxy) is 2. The molecule has 3 aromatic rings. The SMILES string of the molecule is COc1cccc(C(=O)Nc2nnc(CCS(=O)(=O)c3ccc(C)cc3)s2)c1OC. The number of nitrogens with one attached hydrogen (secondary N) is 1. The number of hydrogen-bond acceptors (Lipinski definition) is 8. The largest absolute Gasteiger partial charge is 0.493 e. The predicted molar refractivity (Wildman–Crippen MR) is 114 cm³/mol. The molecule has 0 radical (unpaired) electrons. The highest BCUT2D eigenvalue weighted by Gasteiger charge is 2.19. The molecule has 30 heavy (non-hydrogen) atoms. The first-order chi connectivity index (χ1) is 14.3. The molecule has 0 bridgehead atoms. The van der Waals surface area contributed by atoms with Gasteiger partial charge in [0.2, 0.25) is 5.13 Å². The number of carbonyl (C=O) groups excluding carboxylic acids is 1. The van der Waals surface area contributed by atoms with Gasteiger partial charge in [-0.25, -0.2) is 8.42 Å². The first-order valence-electron chi connectivity index (χ1n) is 8.98. The number of benzene rings is 2. The maximum absolute atomic E-state index is 12.6. The lowest BCUT2D eigenvalue weighted by molar-refractivity contribution is 0.102. The highest BCUT2D eigenvalue weighted by Crippen LogP contribution is 2.31. The van der Waals surface area contributed by atoms with E-state index in [2.05, 4.69) is 15.5 Å². The van der Waals surface area contributed by atoms with E-state index in [0.29, 0.717) is 16.5 Å². The number of anilines is 1. The monoisotopic (exact) mass is 447 g/mol. The van der Waals surface area contributed by atoms with Crippen molar-refractivity contribution in [1.82, 2.24) is 10.2 Å². The van der Waals surface area contributed by atoms with Gasteiger partial charge in [0.15, 0.2) is 21.3 Å². The van der Waals surface area contributed by atoms with Gasteiger partial charge in [-0.3, -0.25) is 10.1 Å². The molecule has 1 amide bonds. The van der Waals surface area contributed by atoms with E-state index in [1.165, 1.54) is 14.2 Å². The molecule has 1 aromatic heterocycles. The quantitative estimate of drug-likeness (QED) is 0.565. The third-order valence-electron chi connectivity index (χ3n) is 4.30. The van der Waals surface area contributed by atoms with Crippen molar-refractivity contribution in [2.45, 2.75) is 18.2 Å². The van der Waals surface area contributed by atoms with Crippen LogP contribution in [0.3, 0.4) is 0 Å². The van der Waals surface area contributed by atoms with E-state index >= 15 is 0 Å². The number of hydrogen-bond donors (Lipinski definition) is 1. The maximum atomic E-state index is 12.6. The van der Waals surface area contributed by atoms with Gasteiger partial charge in [0, 0.05) is 6.42 Å². The van der Waals surface area contributed by atoms with Crippen LogP contribution in [0.25, 0.3) is 0 Å². The molecule has 0 aliphatic carbocycles. The van der Waals surface area contributed by atoms with Gasteiger partial charge in [0.1, 0.15) is 5.01 Å². The topological polar surface area (TPSA) is 107 Å². The normalized spacial score (nSPS) is 11.2. The molecule has 8 nitrogen and oxygen atoms in total. The summed E-state index contributed by atoms with van der Waals surface area (Å²) >= 11 is 1.13. The lowest BCUT2D eigenvalue weighted by Crippen LogP contribution is -2.13. The second kappa shape index (κ2) is 9.23. The third-order valence-corrected chi connectivity index (χ3v) is 6.93. The molecule has 3 rings (SSSR count). The van der Waals surface area contributed by atoms with E-state index in [9.17, 15) is 13.2 Å². The lowest BCUT2D eigenvalue weighted by atomic mass is 10.1. The summed E-state index contributed by atoms with van der Waals surface area (Å²) in [4.78, 5) is 12.9. The van der Waals surface area contributed by atoms with Crippen LogP contribution in [0.15, 0.2) is 47.4 Å². The Balaban J connectivity index is 1.67. The van der Waals surface area contributed by atoms with Gasteiger partial charge >= 0.3 is 0 Å². The number of sulfone groups is 1. The smallest absolute Gasteiger partial charge is 0.261 e.